The quantitative estimate of drug-likeness (QED) is 0.888. The molecule has 2 N–H and O–H groups in total. The summed E-state index contributed by atoms with van der Waals surface area (Å²) in [5, 5.41) is 5.51. The Balaban J connectivity index is 2.67. The predicted octanol–water partition coefficient (Wildman–Crippen LogP) is 1.82. The zero-order chi connectivity index (χ0) is 14.8. The summed E-state index contributed by atoms with van der Waals surface area (Å²) in [5.74, 6) is -0.473. The van der Waals surface area contributed by atoms with Gasteiger partial charge in [-0.1, -0.05) is 0 Å². The number of amides is 2. The molecular formula is C13H20BrN3O2. The molecule has 0 fully saturated rings. The highest BCUT2D eigenvalue weighted by Gasteiger charge is 2.22. The van der Waals surface area contributed by atoms with Gasteiger partial charge in [-0.25, -0.2) is 0 Å². The third-order valence-corrected chi connectivity index (χ3v) is 2.88. The van der Waals surface area contributed by atoms with E-state index in [9.17, 15) is 9.59 Å². The van der Waals surface area contributed by atoms with Crippen LogP contribution < -0.4 is 10.6 Å². The lowest BCUT2D eigenvalue weighted by atomic mass is 10.1. The lowest BCUT2D eigenvalue weighted by molar-refractivity contribution is -0.124. The molecule has 0 aromatic carbocycles. The Kier molecular flexibility index (Phi) is 4.79. The lowest BCUT2D eigenvalue weighted by Gasteiger charge is -2.23. The van der Waals surface area contributed by atoms with E-state index in [0.29, 0.717) is 5.69 Å². The van der Waals surface area contributed by atoms with E-state index in [-0.39, 0.29) is 17.4 Å². The van der Waals surface area contributed by atoms with Gasteiger partial charge in [0, 0.05) is 23.3 Å². The Bertz CT molecular complexity index is 489. The molecule has 0 spiro atoms. The Morgan fingerprint density at radius 1 is 1.37 bits per heavy atom. The molecule has 1 rings (SSSR count). The standard InChI is InChI=1S/C13H20BrN3O2/c1-8(11(18)16-13(2,3)4)15-12(19)10-6-9(14)7-17(10)5/h6-8H,1-5H3,(H,15,19)(H,16,18). The SMILES string of the molecule is CC(NC(=O)c1cc(Br)cn1C)C(=O)NC(C)(C)C. The molecule has 106 valence electrons. The number of aryl methyl sites for hydroxylation is 1. The number of nitrogens with one attached hydrogen (secondary N) is 2. The fourth-order valence-corrected chi connectivity index (χ4v) is 2.09. The van der Waals surface area contributed by atoms with E-state index in [0.717, 1.165) is 4.47 Å². The van der Waals surface area contributed by atoms with E-state index >= 15 is 0 Å². The van der Waals surface area contributed by atoms with Gasteiger partial charge in [-0.05, 0) is 49.7 Å². The number of carbonyl (C=O) groups excluding carboxylic acids is 2. The number of hydrogen-bond donors (Lipinski definition) is 2. The predicted molar refractivity (Wildman–Crippen MR) is 77.9 cm³/mol. The Hall–Kier alpha value is -1.30. The molecule has 5 nitrogen and oxygen atoms in total. The largest absolute Gasteiger partial charge is 0.350 e. The summed E-state index contributed by atoms with van der Waals surface area (Å²) < 4.78 is 2.53. The minimum Gasteiger partial charge on any atom is -0.350 e. The Morgan fingerprint density at radius 2 is 1.95 bits per heavy atom. The minimum atomic E-state index is -0.583. The maximum absolute atomic E-state index is 12.0. The zero-order valence-corrected chi connectivity index (χ0v) is 13.5. The topological polar surface area (TPSA) is 63.1 Å². The first-order valence-corrected chi connectivity index (χ1v) is 6.84. The molecule has 0 saturated carbocycles. The molecule has 2 amide bonds. The number of carbonyl (C=O) groups is 2. The van der Waals surface area contributed by atoms with Crippen LogP contribution in [0.5, 0.6) is 0 Å². The molecule has 19 heavy (non-hydrogen) atoms. The summed E-state index contributed by atoms with van der Waals surface area (Å²) in [6.45, 7) is 7.35. The van der Waals surface area contributed by atoms with E-state index in [1.807, 2.05) is 20.8 Å². The van der Waals surface area contributed by atoms with Crippen molar-refractivity contribution in [1.29, 1.82) is 0 Å². The highest BCUT2D eigenvalue weighted by molar-refractivity contribution is 9.10. The second kappa shape index (κ2) is 5.77. The Labute approximate surface area is 121 Å². The van der Waals surface area contributed by atoms with Crippen LogP contribution in [0.25, 0.3) is 0 Å². The molecule has 0 aliphatic rings. The molecule has 1 atom stereocenters. The molecule has 6 heteroatoms. The first-order valence-electron chi connectivity index (χ1n) is 6.05. The van der Waals surface area contributed by atoms with Crippen molar-refractivity contribution < 1.29 is 9.59 Å². The second-order valence-corrected chi connectivity index (χ2v) is 6.50. The van der Waals surface area contributed by atoms with Crippen molar-refractivity contribution in [3.05, 3.63) is 22.4 Å². The maximum atomic E-state index is 12.0. The van der Waals surface area contributed by atoms with Crippen molar-refractivity contribution in [1.82, 2.24) is 15.2 Å². The van der Waals surface area contributed by atoms with E-state index in [1.54, 1.807) is 30.8 Å². The monoisotopic (exact) mass is 329 g/mol. The van der Waals surface area contributed by atoms with Gasteiger partial charge in [-0.2, -0.15) is 0 Å². The molecular weight excluding hydrogens is 310 g/mol. The first-order chi connectivity index (χ1) is 8.60. The highest BCUT2D eigenvalue weighted by atomic mass is 79.9. The third kappa shape index (κ3) is 4.70. The van der Waals surface area contributed by atoms with E-state index in [4.69, 9.17) is 0 Å². The average Bonchev–Trinajstić information content (AvgIpc) is 2.55. The van der Waals surface area contributed by atoms with Crippen molar-refractivity contribution in [3.8, 4) is 0 Å². The van der Waals surface area contributed by atoms with Gasteiger partial charge in [0.15, 0.2) is 0 Å². The van der Waals surface area contributed by atoms with E-state index in [1.165, 1.54) is 0 Å². The smallest absolute Gasteiger partial charge is 0.268 e. The fourth-order valence-electron chi connectivity index (χ4n) is 1.56. The van der Waals surface area contributed by atoms with Gasteiger partial charge in [0.1, 0.15) is 11.7 Å². The number of hydrogen-bond acceptors (Lipinski definition) is 2. The van der Waals surface area contributed by atoms with Crippen LogP contribution in [0, 0.1) is 0 Å². The van der Waals surface area contributed by atoms with Crippen LogP contribution in [0.3, 0.4) is 0 Å². The van der Waals surface area contributed by atoms with Crippen molar-refractivity contribution in [2.24, 2.45) is 7.05 Å². The van der Waals surface area contributed by atoms with Crippen molar-refractivity contribution >= 4 is 27.7 Å². The number of nitrogens with zero attached hydrogens (tertiary/aromatic N) is 1. The lowest BCUT2D eigenvalue weighted by Crippen LogP contribution is -2.51. The van der Waals surface area contributed by atoms with Crippen molar-refractivity contribution in [2.75, 3.05) is 0 Å². The summed E-state index contributed by atoms with van der Waals surface area (Å²) in [4.78, 5) is 23.9. The van der Waals surface area contributed by atoms with Crippen LogP contribution >= 0.6 is 15.9 Å². The maximum Gasteiger partial charge on any atom is 0.268 e. The highest BCUT2D eigenvalue weighted by Crippen LogP contribution is 2.13. The van der Waals surface area contributed by atoms with Crippen LogP contribution in [0.2, 0.25) is 0 Å². The summed E-state index contributed by atoms with van der Waals surface area (Å²) >= 11 is 3.31. The Morgan fingerprint density at radius 3 is 2.37 bits per heavy atom. The second-order valence-electron chi connectivity index (χ2n) is 5.59. The van der Waals surface area contributed by atoms with Gasteiger partial charge in [0.25, 0.3) is 5.91 Å². The molecule has 0 aliphatic heterocycles. The minimum absolute atomic E-state index is 0.200. The molecule has 0 aliphatic carbocycles. The molecule has 1 unspecified atom stereocenters. The van der Waals surface area contributed by atoms with Crippen LogP contribution in [0.4, 0.5) is 0 Å². The molecule has 1 heterocycles. The molecule has 0 radical (unpaired) electrons. The van der Waals surface area contributed by atoms with Gasteiger partial charge in [0.05, 0.1) is 0 Å². The van der Waals surface area contributed by atoms with Crippen molar-refractivity contribution in [3.63, 3.8) is 0 Å². The summed E-state index contributed by atoms with van der Waals surface area (Å²) in [5.41, 5.74) is 0.187. The first kappa shape index (κ1) is 15.8. The molecule has 0 saturated heterocycles. The van der Waals surface area contributed by atoms with Gasteiger partial charge < -0.3 is 15.2 Å². The van der Waals surface area contributed by atoms with Crippen LogP contribution in [-0.2, 0) is 11.8 Å². The number of halogens is 1. The average molecular weight is 330 g/mol. The molecule has 1 aromatic rings. The van der Waals surface area contributed by atoms with E-state index in [2.05, 4.69) is 26.6 Å². The third-order valence-electron chi connectivity index (χ3n) is 2.44. The van der Waals surface area contributed by atoms with Gasteiger partial charge in [0.2, 0.25) is 5.91 Å². The van der Waals surface area contributed by atoms with Gasteiger partial charge >= 0.3 is 0 Å². The van der Waals surface area contributed by atoms with Crippen LogP contribution in [-0.4, -0.2) is 28.0 Å². The number of aromatic nitrogens is 1. The zero-order valence-electron chi connectivity index (χ0n) is 11.9. The summed E-state index contributed by atoms with van der Waals surface area (Å²) in [6.07, 6.45) is 1.79. The summed E-state index contributed by atoms with van der Waals surface area (Å²) in [7, 11) is 1.78. The van der Waals surface area contributed by atoms with Crippen molar-refractivity contribution in [2.45, 2.75) is 39.3 Å². The number of rotatable bonds is 3. The van der Waals surface area contributed by atoms with Gasteiger partial charge in [-0.15, -0.1) is 0 Å². The fraction of sp³-hybridized carbons (Fsp3) is 0.538. The molecule has 0 bridgehead atoms. The normalized spacial score (nSPS) is 12.9. The molecule has 1 aromatic heterocycles. The van der Waals surface area contributed by atoms with Crippen LogP contribution in [0.1, 0.15) is 38.2 Å². The van der Waals surface area contributed by atoms with E-state index < -0.39 is 6.04 Å². The van der Waals surface area contributed by atoms with Crippen LogP contribution in [0.15, 0.2) is 16.7 Å². The summed E-state index contributed by atoms with van der Waals surface area (Å²) in [6, 6.07) is 1.13. The van der Waals surface area contributed by atoms with Gasteiger partial charge in [-0.3, -0.25) is 9.59 Å².